The van der Waals surface area contributed by atoms with Gasteiger partial charge in [0.1, 0.15) is 0 Å². The summed E-state index contributed by atoms with van der Waals surface area (Å²) in [4.78, 5) is 2.86. The fourth-order valence-corrected chi connectivity index (χ4v) is 5.83. The zero-order chi connectivity index (χ0) is 19.6. The number of nitrogens with one attached hydrogen (secondary N) is 1. The Hall–Kier alpha value is -1.40. The van der Waals surface area contributed by atoms with Crippen LogP contribution in [0, 0.1) is 27.7 Å². The number of halogens is 1. The molecule has 154 valence electrons. The molecule has 1 aliphatic heterocycles. The number of piperidine rings is 1. The van der Waals surface area contributed by atoms with Crippen molar-refractivity contribution in [2.75, 3.05) is 13.1 Å². The zero-order valence-electron chi connectivity index (χ0n) is 17.1. The van der Waals surface area contributed by atoms with Gasteiger partial charge >= 0.3 is 0 Å². The molecule has 0 atom stereocenters. The third kappa shape index (κ3) is 5.15. The third-order valence-corrected chi connectivity index (χ3v) is 7.52. The van der Waals surface area contributed by atoms with Gasteiger partial charge < -0.3 is 12.4 Å². The second-order valence-electron chi connectivity index (χ2n) is 7.75. The van der Waals surface area contributed by atoms with Gasteiger partial charge in [-0.25, -0.2) is 13.1 Å². The molecule has 1 fully saturated rings. The van der Waals surface area contributed by atoms with Gasteiger partial charge in [-0.2, -0.15) is 0 Å². The van der Waals surface area contributed by atoms with Gasteiger partial charge in [-0.15, -0.1) is 0 Å². The van der Waals surface area contributed by atoms with Crippen LogP contribution in [-0.4, -0.2) is 32.4 Å². The molecular weight excluding hydrogens is 392 g/mol. The van der Waals surface area contributed by atoms with Crippen LogP contribution in [-0.2, 0) is 16.6 Å². The van der Waals surface area contributed by atoms with Crippen LogP contribution < -0.4 is 17.1 Å². The highest BCUT2D eigenvalue weighted by Gasteiger charge is 2.27. The maximum atomic E-state index is 13.1. The average Bonchev–Trinajstić information content (AvgIpc) is 2.62. The van der Waals surface area contributed by atoms with Gasteiger partial charge in [0, 0.05) is 25.7 Å². The van der Waals surface area contributed by atoms with Crippen LogP contribution in [0.1, 0.15) is 40.7 Å². The van der Waals surface area contributed by atoms with Gasteiger partial charge in [-0.05, 0) is 68.4 Å². The largest absolute Gasteiger partial charge is 1.00 e. The van der Waals surface area contributed by atoms with E-state index in [4.69, 9.17) is 0 Å². The number of hydrogen-bond donors (Lipinski definition) is 1. The van der Waals surface area contributed by atoms with Crippen LogP contribution in [0.2, 0.25) is 0 Å². The van der Waals surface area contributed by atoms with E-state index in [-0.39, 0.29) is 18.4 Å². The summed E-state index contributed by atoms with van der Waals surface area (Å²) in [5, 5.41) is 0. The van der Waals surface area contributed by atoms with Crippen molar-refractivity contribution >= 4 is 10.0 Å². The Balaban J connectivity index is 0.00000280. The summed E-state index contributed by atoms with van der Waals surface area (Å²) < 4.78 is 29.2. The molecular formula is C22H30ClN2O2S-. The van der Waals surface area contributed by atoms with Crippen molar-refractivity contribution < 1.29 is 20.8 Å². The Morgan fingerprint density at radius 2 is 1.50 bits per heavy atom. The normalized spacial score (nSPS) is 16.0. The van der Waals surface area contributed by atoms with Crippen molar-refractivity contribution in [1.82, 2.24) is 9.62 Å². The van der Waals surface area contributed by atoms with Crippen molar-refractivity contribution in [2.45, 2.75) is 58.0 Å². The topological polar surface area (TPSA) is 49.4 Å². The van der Waals surface area contributed by atoms with Gasteiger partial charge in [-0.1, -0.05) is 36.4 Å². The van der Waals surface area contributed by atoms with E-state index in [9.17, 15) is 8.42 Å². The molecule has 2 aromatic rings. The molecule has 1 N–H and O–H groups in total. The summed E-state index contributed by atoms with van der Waals surface area (Å²) in [6.07, 6.45) is 1.68. The number of benzene rings is 2. The lowest BCUT2D eigenvalue weighted by Crippen LogP contribution is -3.00. The highest BCUT2D eigenvalue weighted by atomic mass is 35.5. The highest BCUT2D eigenvalue weighted by molar-refractivity contribution is 7.89. The fourth-order valence-electron chi connectivity index (χ4n) is 3.91. The molecule has 28 heavy (non-hydrogen) atoms. The quantitative estimate of drug-likeness (QED) is 0.779. The number of rotatable bonds is 5. The summed E-state index contributed by atoms with van der Waals surface area (Å²) in [6, 6.07) is 12.5. The predicted molar refractivity (Wildman–Crippen MR) is 110 cm³/mol. The average molecular weight is 422 g/mol. The van der Waals surface area contributed by atoms with Crippen LogP contribution in [0.3, 0.4) is 0 Å². The smallest absolute Gasteiger partial charge is 0.241 e. The molecule has 6 heteroatoms. The summed E-state index contributed by atoms with van der Waals surface area (Å²) >= 11 is 0. The predicted octanol–water partition coefficient (Wildman–Crippen LogP) is 0.867. The minimum absolute atomic E-state index is 0. The number of nitrogens with zero attached hydrogens (tertiary/aromatic N) is 1. The molecule has 4 nitrogen and oxygen atoms in total. The van der Waals surface area contributed by atoms with Crippen molar-refractivity contribution in [3.05, 3.63) is 64.2 Å². The van der Waals surface area contributed by atoms with Gasteiger partial charge in [0.15, 0.2) is 0 Å². The van der Waals surface area contributed by atoms with E-state index in [1.807, 2.05) is 33.8 Å². The molecule has 0 radical (unpaired) electrons. The Morgan fingerprint density at radius 1 is 0.964 bits per heavy atom. The van der Waals surface area contributed by atoms with Gasteiger partial charge in [0.2, 0.25) is 10.0 Å². The first kappa shape index (κ1) is 22.9. The molecule has 0 aliphatic carbocycles. The first-order chi connectivity index (χ1) is 12.8. The van der Waals surface area contributed by atoms with Crippen LogP contribution in [0.15, 0.2) is 41.3 Å². The lowest BCUT2D eigenvalue weighted by Gasteiger charge is -2.32. The standard InChI is InChI=1S/C22H30N2O2S.ClH/c1-16-14-17(2)19(4)22(18(16)3)27(25,26)23-21-10-12-24(13-11-21)15-20-8-6-5-7-9-20;/h5-9,14,21,23H,10-13,15H2,1-4H3;1H/p-1. The SMILES string of the molecule is Cc1cc(C)c(C)c(S(=O)(=O)NC2CCN(Cc3ccccc3)CC2)c1C.[Cl-]. The molecule has 1 heterocycles. The van der Waals surface area contributed by atoms with Crippen LogP contribution >= 0.6 is 0 Å². The zero-order valence-corrected chi connectivity index (χ0v) is 18.7. The van der Waals surface area contributed by atoms with E-state index < -0.39 is 10.0 Å². The van der Waals surface area contributed by atoms with Crippen molar-refractivity contribution in [3.63, 3.8) is 0 Å². The minimum Gasteiger partial charge on any atom is -1.00 e. The van der Waals surface area contributed by atoms with Crippen molar-refractivity contribution in [1.29, 1.82) is 0 Å². The summed E-state index contributed by atoms with van der Waals surface area (Å²) in [6.45, 7) is 10.5. The summed E-state index contributed by atoms with van der Waals surface area (Å²) in [5.41, 5.74) is 5.06. The minimum atomic E-state index is -3.51. The fraction of sp³-hybridized carbons (Fsp3) is 0.455. The van der Waals surface area contributed by atoms with Crippen molar-refractivity contribution in [3.8, 4) is 0 Å². The highest BCUT2D eigenvalue weighted by Crippen LogP contribution is 2.27. The number of hydrogen-bond acceptors (Lipinski definition) is 3. The van der Waals surface area contributed by atoms with E-state index in [2.05, 4.69) is 40.0 Å². The molecule has 0 bridgehead atoms. The number of aryl methyl sites for hydroxylation is 2. The van der Waals surface area contributed by atoms with Gasteiger partial charge in [0.05, 0.1) is 4.90 Å². The van der Waals surface area contributed by atoms with Crippen LogP contribution in [0.25, 0.3) is 0 Å². The first-order valence-corrected chi connectivity index (χ1v) is 11.1. The number of likely N-dealkylation sites (tertiary alicyclic amines) is 1. The third-order valence-electron chi connectivity index (χ3n) is 5.72. The molecule has 0 spiro atoms. The molecule has 2 aromatic carbocycles. The van der Waals surface area contributed by atoms with E-state index in [1.54, 1.807) is 0 Å². The van der Waals surface area contributed by atoms with Crippen molar-refractivity contribution in [2.24, 2.45) is 0 Å². The Kier molecular flexibility index (Phi) is 7.68. The van der Waals surface area contributed by atoms with E-state index >= 15 is 0 Å². The molecule has 0 saturated carbocycles. The lowest BCUT2D eigenvalue weighted by molar-refractivity contribution is -0.00000858. The van der Waals surface area contributed by atoms with Gasteiger partial charge in [0.25, 0.3) is 0 Å². The maximum absolute atomic E-state index is 13.1. The molecule has 1 aliphatic rings. The summed E-state index contributed by atoms with van der Waals surface area (Å²) in [7, 11) is -3.51. The van der Waals surface area contributed by atoms with E-state index in [0.717, 1.165) is 54.7 Å². The molecule has 3 rings (SSSR count). The Bertz CT molecular complexity index is 880. The maximum Gasteiger partial charge on any atom is 0.241 e. The molecule has 0 unspecified atom stereocenters. The van der Waals surface area contributed by atoms with E-state index in [0.29, 0.717) is 4.90 Å². The first-order valence-electron chi connectivity index (χ1n) is 9.64. The Labute approximate surface area is 175 Å². The second-order valence-corrected chi connectivity index (χ2v) is 9.40. The lowest BCUT2D eigenvalue weighted by atomic mass is 10.0. The van der Waals surface area contributed by atoms with Crippen LogP contribution in [0.5, 0.6) is 0 Å². The monoisotopic (exact) mass is 421 g/mol. The number of sulfonamides is 1. The molecule has 1 saturated heterocycles. The Morgan fingerprint density at radius 3 is 2.04 bits per heavy atom. The van der Waals surface area contributed by atoms with E-state index in [1.165, 1.54) is 5.56 Å². The van der Waals surface area contributed by atoms with Gasteiger partial charge in [-0.3, -0.25) is 4.90 Å². The van der Waals surface area contributed by atoms with Crippen LogP contribution in [0.4, 0.5) is 0 Å². The molecule has 0 aromatic heterocycles. The second kappa shape index (κ2) is 9.40. The molecule has 0 amide bonds. The summed E-state index contributed by atoms with van der Waals surface area (Å²) in [5.74, 6) is 0.